The molecule has 3 rings (SSSR count). The fraction of sp³-hybridized carbons (Fsp3) is 0.214. The van der Waals surface area contributed by atoms with Crippen LogP contribution in [0.2, 0.25) is 5.15 Å². The zero-order valence-electron chi connectivity index (χ0n) is 9.66. The summed E-state index contributed by atoms with van der Waals surface area (Å²) < 4.78 is 0.820. The second-order valence-corrected chi connectivity index (χ2v) is 5.64. The molecule has 1 heterocycles. The fourth-order valence-corrected chi connectivity index (χ4v) is 2.86. The predicted octanol–water partition coefficient (Wildman–Crippen LogP) is 4.60. The third-order valence-electron chi connectivity index (χ3n) is 3.27. The van der Waals surface area contributed by atoms with E-state index >= 15 is 0 Å². The largest absolute Gasteiger partial charge is 0.377 e. The standard InChI is InChI=1S/C14H12BrClN2/c15-12-7-10(8-17-14(12)16)18-13-6-5-9-3-1-2-4-11(9)13/h1-4,7-8,13,18H,5-6H2. The molecule has 4 heteroatoms. The summed E-state index contributed by atoms with van der Waals surface area (Å²) in [4.78, 5) is 4.13. The smallest absolute Gasteiger partial charge is 0.143 e. The molecule has 0 spiro atoms. The first-order valence-electron chi connectivity index (χ1n) is 5.89. The van der Waals surface area contributed by atoms with Gasteiger partial charge in [-0.15, -0.1) is 0 Å². The average molecular weight is 324 g/mol. The minimum Gasteiger partial charge on any atom is -0.377 e. The summed E-state index contributed by atoms with van der Waals surface area (Å²) in [6.45, 7) is 0. The number of aryl methyl sites for hydroxylation is 1. The first-order valence-corrected chi connectivity index (χ1v) is 7.06. The maximum Gasteiger partial charge on any atom is 0.143 e. The van der Waals surface area contributed by atoms with Gasteiger partial charge in [-0.05, 0) is 46.0 Å². The second-order valence-electron chi connectivity index (χ2n) is 4.43. The first kappa shape index (κ1) is 12.0. The first-order chi connectivity index (χ1) is 8.74. The van der Waals surface area contributed by atoms with E-state index in [4.69, 9.17) is 11.6 Å². The van der Waals surface area contributed by atoms with Gasteiger partial charge in [-0.25, -0.2) is 4.98 Å². The molecule has 1 aliphatic rings. The van der Waals surface area contributed by atoms with Crippen LogP contribution in [0.4, 0.5) is 5.69 Å². The van der Waals surface area contributed by atoms with E-state index in [1.54, 1.807) is 6.20 Å². The van der Waals surface area contributed by atoms with Crippen molar-refractivity contribution >= 4 is 33.2 Å². The SMILES string of the molecule is Clc1ncc(NC2CCc3ccccc32)cc1Br. The zero-order chi connectivity index (χ0) is 12.5. The van der Waals surface area contributed by atoms with Crippen molar-refractivity contribution in [1.29, 1.82) is 0 Å². The Hall–Kier alpha value is -1.06. The highest BCUT2D eigenvalue weighted by Gasteiger charge is 2.21. The maximum absolute atomic E-state index is 5.89. The highest BCUT2D eigenvalue weighted by atomic mass is 79.9. The Labute approximate surface area is 120 Å². The van der Waals surface area contributed by atoms with Gasteiger partial charge < -0.3 is 5.32 Å². The lowest BCUT2D eigenvalue weighted by molar-refractivity contribution is 0.761. The summed E-state index contributed by atoms with van der Waals surface area (Å²) in [5.41, 5.74) is 3.83. The van der Waals surface area contributed by atoms with Gasteiger partial charge in [0.05, 0.1) is 22.4 Å². The van der Waals surface area contributed by atoms with Gasteiger partial charge in [0.2, 0.25) is 0 Å². The second kappa shape index (κ2) is 4.90. The molecule has 0 bridgehead atoms. The molecular formula is C14H12BrClN2. The van der Waals surface area contributed by atoms with Crippen LogP contribution in [0.1, 0.15) is 23.6 Å². The third kappa shape index (κ3) is 2.25. The molecule has 0 fully saturated rings. The highest BCUT2D eigenvalue weighted by molar-refractivity contribution is 9.10. The van der Waals surface area contributed by atoms with E-state index in [1.807, 2.05) is 6.07 Å². The van der Waals surface area contributed by atoms with Crippen molar-refractivity contribution in [2.75, 3.05) is 5.32 Å². The number of benzene rings is 1. The molecule has 2 nitrogen and oxygen atoms in total. The third-order valence-corrected chi connectivity index (χ3v) is 4.40. The van der Waals surface area contributed by atoms with Crippen molar-refractivity contribution in [2.45, 2.75) is 18.9 Å². The van der Waals surface area contributed by atoms with Crippen LogP contribution >= 0.6 is 27.5 Å². The predicted molar refractivity (Wildman–Crippen MR) is 78.1 cm³/mol. The van der Waals surface area contributed by atoms with Gasteiger partial charge in [0.25, 0.3) is 0 Å². The van der Waals surface area contributed by atoms with Gasteiger partial charge in [0.15, 0.2) is 0 Å². The van der Waals surface area contributed by atoms with E-state index in [2.05, 4.69) is 50.5 Å². The molecule has 0 saturated heterocycles. The molecule has 2 aromatic rings. The van der Waals surface area contributed by atoms with Crippen molar-refractivity contribution in [3.8, 4) is 0 Å². The summed E-state index contributed by atoms with van der Waals surface area (Å²) in [5.74, 6) is 0. The van der Waals surface area contributed by atoms with E-state index in [-0.39, 0.29) is 0 Å². The summed E-state index contributed by atoms with van der Waals surface area (Å²) >= 11 is 9.29. The molecule has 1 unspecified atom stereocenters. The number of aromatic nitrogens is 1. The molecule has 1 atom stereocenters. The van der Waals surface area contributed by atoms with E-state index < -0.39 is 0 Å². The minimum atomic E-state index is 0.371. The Bertz CT molecular complexity index is 586. The van der Waals surface area contributed by atoms with E-state index in [0.29, 0.717) is 11.2 Å². The molecule has 0 amide bonds. The number of nitrogens with one attached hydrogen (secondary N) is 1. The number of rotatable bonds is 2. The van der Waals surface area contributed by atoms with Crippen molar-refractivity contribution < 1.29 is 0 Å². The monoisotopic (exact) mass is 322 g/mol. The van der Waals surface area contributed by atoms with Crippen LogP contribution in [0.15, 0.2) is 41.0 Å². The van der Waals surface area contributed by atoms with Gasteiger partial charge in [0.1, 0.15) is 5.15 Å². The number of fused-ring (bicyclic) bond motifs is 1. The van der Waals surface area contributed by atoms with Crippen LogP contribution < -0.4 is 5.32 Å². The summed E-state index contributed by atoms with van der Waals surface area (Å²) in [7, 11) is 0. The number of hydrogen-bond donors (Lipinski definition) is 1. The molecular weight excluding hydrogens is 312 g/mol. The number of hydrogen-bond acceptors (Lipinski definition) is 2. The summed E-state index contributed by atoms with van der Waals surface area (Å²) in [5, 5.41) is 4.01. The average Bonchev–Trinajstić information content (AvgIpc) is 2.78. The summed E-state index contributed by atoms with van der Waals surface area (Å²) in [6.07, 6.45) is 4.03. The van der Waals surface area contributed by atoms with Crippen LogP contribution in [0.5, 0.6) is 0 Å². The van der Waals surface area contributed by atoms with E-state index in [1.165, 1.54) is 11.1 Å². The summed E-state index contributed by atoms with van der Waals surface area (Å²) in [6, 6.07) is 10.9. The van der Waals surface area contributed by atoms with Gasteiger partial charge in [0, 0.05) is 0 Å². The van der Waals surface area contributed by atoms with Crippen molar-refractivity contribution in [2.24, 2.45) is 0 Å². The Balaban J connectivity index is 1.84. The lowest BCUT2D eigenvalue weighted by atomic mass is 10.1. The molecule has 1 aliphatic carbocycles. The van der Waals surface area contributed by atoms with Crippen LogP contribution in [0, 0.1) is 0 Å². The molecule has 1 aromatic heterocycles. The molecule has 18 heavy (non-hydrogen) atoms. The molecule has 1 N–H and O–H groups in total. The molecule has 0 aliphatic heterocycles. The fourth-order valence-electron chi connectivity index (χ4n) is 2.41. The lowest BCUT2D eigenvalue weighted by Gasteiger charge is -2.15. The quantitative estimate of drug-likeness (QED) is 0.817. The number of nitrogens with zero attached hydrogens (tertiary/aromatic N) is 1. The van der Waals surface area contributed by atoms with Crippen molar-refractivity contribution in [3.05, 3.63) is 57.3 Å². The Morgan fingerprint density at radius 3 is 3.00 bits per heavy atom. The number of pyridine rings is 1. The lowest BCUT2D eigenvalue weighted by Crippen LogP contribution is -2.07. The topological polar surface area (TPSA) is 24.9 Å². The normalized spacial score (nSPS) is 17.6. The van der Waals surface area contributed by atoms with Gasteiger partial charge in [-0.1, -0.05) is 35.9 Å². The highest BCUT2D eigenvalue weighted by Crippen LogP contribution is 2.34. The van der Waals surface area contributed by atoms with Crippen LogP contribution in [0.3, 0.4) is 0 Å². The Morgan fingerprint density at radius 1 is 1.33 bits per heavy atom. The van der Waals surface area contributed by atoms with Gasteiger partial charge >= 0.3 is 0 Å². The molecule has 0 radical (unpaired) electrons. The zero-order valence-corrected chi connectivity index (χ0v) is 12.0. The van der Waals surface area contributed by atoms with Crippen molar-refractivity contribution in [1.82, 2.24) is 4.98 Å². The number of halogens is 2. The molecule has 92 valence electrons. The maximum atomic E-state index is 5.89. The van der Waals surface area contributed by atoms with E-state index in [0.717, 1.165) is 23.0 Å². The molecule has 1 aromatic carbocycles. The van der Waals surface area contributed by atoms with Crippen LogP contribution in [-0.2, 0) is 6.42 Å². The minimum absolute atomic E-state index is 0.371. The van der Waals surface area contributed by atoms with E-state index in [9.17, 15) is 0 Å². The Morgan fingerprint density at radius 2 is 2.17 bits per heavy atom. The van der Waals surface area contributed by atoms with Crippen LogP contribution in [-0.4, -0.2) is 4.98 Å². The number of anilines is 1. The van der Waals surface area contributed by atoms with Gasteiger partial charge in [-0.3, -0.25) is 0 Å². The van der Waals surface area contributed by atoms with Crippen molar-refractivity contribution in [3.63, 3.8) is 0 Å². The van der Waals surface area contributed by atoms with Gasteiger partial charge in [-0.2, -0.15) is 0 Å². The van der Waals surface area contributed by atoms with Crippen LogP contribution in [0.25, 0.3) is 0 Å². The Kier molecular flexibility index (Phi) is 3.27. The molecule has 0 saturated carbocycles.